The summed E-state index contributed by atoms with van der Waals surface area (Å²) in [6.07, 6.45) is 1.50. The van der Waals surface area contributed by atoms with Crippen LogP contribution in [0.2, 0.25) is 0 Å². The normalized spacial score (nSPS) is 10.6. The molecule has 0 radical (unpaired) electrons. The molecule has 104 valence electrons. The van der Waals surface area contributed by atoms with Crippen molar-refractivity contribution in [2.45, 2.75) is 13.8 Å². The number of para-hydroxylation sites is 2. The largest absolute Gasteiger partial charge is 0.321 e. The first-order chi connectivity index (χ1) is 10.1. The van der Waals surface area contributed by atoms with Crippen molar-refractivity contribution in [2.75, 3.05) is 5.32 Å². The van der Waals surface area contributed by atoms with Crippen molar-refractivity contribution in [2.24, 2.45) is 0 Å². The Labute approximate surface area is 122 Å². The summed E-state index contributed by atoms with van der Waals surface area (Å²) in [6, 6.07) is 13.4. The number of rotatable bonds is 2. The van der Waals surface area contributed by atoms with Gasteiger partial charge in [0.05, 0.1) is 17.2 Å². The zero-order valence-electron chi connectivity index (χ0n) is 11.9. The second kappa shape index (κ2) is 5.32. The van der Waals surface area contributed by atoms with E-state index in [2.05, 4.69) is 21.4 Å². The third-order valence-corrected chi connectivity index (χ3v) is 3.16. The molecule has 1 heterocycles. The van der Waals surface area contributed by atoms with E-state index in [-0.39, 0.29) is 5.91 Å². The minimum atomic E-state index is -0.252. The van der Waals surface area contributed by atoms with Crippen molar-refractivity contribution in [3.05, 3.63) is 65.5 Å². The van der Waals surface area contributed by atoms with Gasteiger partial charge in [-0.15, -0.1) is 0 Å². The third-order valence-electron chi connectivity index (χ3n) is 3.16. The van der Waals surface area contributed by atoms with Crippen LogP contribution in [-0.4, -0.2) is 15.9 Å². The third kappa shape index (κ3) is 2.89. The molecular weight excluding hydrogens is 262 g/mol. The number of amides is 1. The highest BCUT2D eigenvalue weighted by Gasteiger charge is 2.09. The highest BCUT2D eigenvalue weighted by Crippen LogP contribution is 2.15. The van der Waals surface area contributed by atoms with Gasteiger partial charge in [-0.1, -0.05) is 18.2 Å². The Morgan fingerprint density at radius 1 is 1.00 bits per heavy atom. The SMILES string of the molecule is Cc1cc(C)cc(NC(=O)c2cnc3ccccc3n2)c1. The molecule has 3 rings (SSSR count). The van der Waals surface area contributed by atoms with Crippen LogP contribution in [0.25, 0.3) is 11.0 Å². The summed E-state index contributed by atoms with van der Waals surface area (Å²) in [5, 5.41) is 2.86. The van der Waals surface area contributed by atoms with E-state index in [9.17, 15) is 4.79 Å². The molecule has 1 aromatic heterocycles. The van der Waals surface area contributed by atoms with Crippen molar-refractivity contribution < 1.29 is 4.79 Å². The number of aryl methyl sites for hydroxylation is 2. The first-order valence-electron chi connectivity index (χ1n) is 6.73. The molecule has 21 heavy (non-hydrogen) atoms. The summed E-state index contributed by atoms with van der Waals surface area (Å²) in [5.74, 6) is -0.252. The van der Waals surface area contributed by atoms with Crippen LogP contribution < -0.4 is 5.32 Å². The zero-order chi connectivity index (χ0) is 14.8. The summed E-state index contributed by atoms with van der Waals surface area (Å²) in [4.78, 5) is 20.9. The molecule has 0 bridgehead atoms. The molecule has 0 unspecified atom stereocenters. The van der Waals surface area contributed by atoms with Gasteiger partial charge in [0, 0.05) is 5.69 Å². The van der Waals surface area contributed by atoms with Crippen LogP contribution in [-0.2, 0) is 0 Å². The van der Waals surface area contributed by atoms with Crippen molar-refractivity contribution in [3.63, 3.8) is 0 Å². The second-order valence-electron chi connectivity index (χ2n) is 5.07. The first kappa shape index (κ1) is 13.2. The van der Waals surface area contributed by atoms with Crippen LogP contribution in [0.1, 0.15) is 21.6 Å². The van der Waals surface area contributed by atoms with Crippen LogP contribution in [0.15, 0.2) is 48.7 Å². The molecule has 1 amide bonds. The van der Waals surface area contributed by atoms with E-state index < -0.39 is 0 Å². The first-order valence-corrected chi connectivity index (χ1v) is 6.73. The number of aromatic nitrogens is 2. The van der Waals surface area contributed by atoms with E-state index in [0.717, 1.165) is 22.3 Å². The summed E-state index contributed by atoms with van der Waals surface area (Å²) < 4.78 is 0. The molecule has 0 aliphatic heterocycles. The van der Waals surface area contributed by atoms with Crippen molar-refractivity contribution >= 4 is 22.6 Å². The number of anilines is 1. The second-order valence-corrected chi connectivity index (χ2v) is 5.07. The van der Waals surface area contributed by atoms with Gasteiger partial charge in [-0.3, -0.25) is 9.78 Å². The highest BCUT2D eigenvalue weighted by atomic mass is 16.1. The van der Waals surface area contributed by atoms with E-state index in [1.807, 2.05) is 50.2 Å². The number of carbonyl (C=O) groups excluding carboxylic acids is 1. The molecule has 1 N–H and O–H groups in total. The monoisotopic (exact) mass is 277 g/mol. The standard InChI is InChI=1S/C17H15N3O/c1-11-7-12(2)9-13(8-11)19-17(21)16-10-18-14-5-3-4-6-15(14)20-16/h3-10H,1-2H3,(H,19,21). The van der Waals surface area contributed by atoms with Gasteiger partial charge in [0.1, 0.15) is 5.69 Å². The maximum Gasteiger partial charge on any atom is 0.275 e. The summed E-state index contributed by atoms with van der Waals surface area (Å²) in [5.41, 5.74) is 4.79. The maximum absolute atomic E-state index is 12.3. The molecule has 0 spiro atoms. The van der Waals surface area contributed by atoms with E-state index in [4.69, 9.17) is 0 Å². The molecule has 0 aliphatic carbocycles. The number of benzene rings is 2. The van der Waals surface area contributed by atoms with Crippen molar-refractivity contribution in [3.8, 4) is 0 Å². The van der Waals surface area contributed by atoms with Crippen molar-refractivity contribution in [1.29, 1.82) is 0 Å². The lowest BCUT2D eigenvalue weighted by molar-refractivity contribution is 0.102. The number of hydrogen-bond donors (Lipinski definition) is 1. The lowest BCUT2D eigenvalue weighted by atomic mass is 10.1. The minimum absolute atomic E-state index is 0.252. The number of fused-ring (bicyclic) bond motifs is 1. The van der Waals surface area contributed by atoms with Crippen LogP contribution >= 0.6 is 0 Å². The fourth-order valence-corrected chi connectivity index (χ4v) is 2.31. The molecule has 0 saturated heterocycles. The molecule has 0 saturated carbocycles. The predicted octanol–water partition coefficient (Wildman–Crippen LogP) is 3.50. The van der Waals surface area contributed by atoms with Gasteiger partial charge in [0.15, 0.2) is 0 Å². The van der Waals surface area contributed by atoms with E-state index >= 15 is 0 Å². The van der Waals surface area contributed by atoms with Gasteiger partial charge < -0.3 is 5.32 Å². The quantitative estimate of drug-likeness (QED) is 0.780. The van der Waals surface area contributed by atoms with E-state index in [1.54, 1.807) is 0 Å². The fraction of sp³-hybridized carbons (Fsp3) is 0.118. The number of nitrogens with zero attached hydrogens (tertiary/aromatic N) is 2. The molecule has 0 atom stereocenters. The molecule has 2 aromatic carbocycles. The summed E-state index contributed by atoms with van der Waals surface area (Å²) in [6.45, 7) is 4.00. The topological polar surface area (TPSA) is 54.9 Å². The Bertz CT molecular complexity index is 807. The lowest BCUT2D eigenvalue weighted by Gasteiger charge is -2.07. The van der Waals surface area contributed by atoms with Crippen molar-refractivity contribution in [1.82, 2.24) is 9.97 Å². The van der Waals surface area contributed by atoms with Crippen LogP contribution in [0.5, 0.6) is 0 Å². The zero-order valence-corrected chi connectivity index (χ0v) is 11.9. The summed E-state index contributed by atoms with van der Waals surface area (Å²) >= 11 is 0. The Morgan fingerprint density at radius 2 is 1.67 bits per heavy atom. The molecule has 4 heteroatoms. The molecule has 4 nitrogen and oxygen atoms in total. The number of carbonyl (C=O) groups is 1. The Morgan fingerprint density at radius 3 is 2.38 bits per heavy atom. The minimum Gasteiger partial charge on any atom is -0.321 e. The van der Waals surface area contributed by atoms with Gasteiger partial charge >= 0.3 is 0 Å². The average Bonchev–Trinajstić information content (AvgIpc) is 2.45. The van der Waals surface area contributed by atoms with Gasteiger partial charge in [-0.25, -0.2) is 4.98 Å². The highest BCUT2D eigenvalue weighted by molar-refractivity contribution is 6.03. The van der Waals surface area contributed by atoms with Gasteiger partial charge in [-0.05, 0) is 49.2 Å². The average molecular weight is 277 g/mol. The molecule has 0 fully saturated rings. The Balaban J connectivity index is 1.89. The molecular formula is C17H15N3O. The summed E-state index contributed by atoms with van der Waals surface area (Å²) in [7, 11) is 0. The predicted molar refractivity (Wildman–Crippen MR) is 83.4 cm³/mol. The Kier molecular flexibility index (Phi) is 3.36. The fourth-order valence-electron chi connectivity index (χ4n) is 2.31. The van der Waals surface area contributed by atoms with Crippen LogP contribution in [0.3, 0.4) is 0 Å². The molecule has 3 aromatic rings. The van der Waals surface area contributed by atoms with Crippen LogP contribution in [0.4, 0.5) is 5.69 Å². The van der Waals surface area contributed by atoms with Gasteiger partial charge in [0.2, 0.25) is 0 Å². The van der Waals surface area contributed by atoms with Gasteiger partial charge in [0.25, 0.3) is 5.91 Å². The van der Waals surface area contributed by atoms with Crippen LogP contribution in [0, 0.1) is 13.8 Å². The van der Waals surface area contributed by atoms with E-state index in [1.165, 1.54) is 6.20 Å². The number of nitrogens with one attached hydrogen (secondary N) is 1. The Hall–Kier alpha value is -2.75. The molecule has 0 aliphatic rings. The maximum atomic E-state index is 12.3. The smallest absolute Gasteiger partial charge is 0.275 e. The lowest BCUT2D eigenvalue weighted by Crippen LogP contribution is -2.14. The number of hydrogen-bond acceptors (Lipinski definition) is 3. The van der Waals surface area contributed by atoms with Gasteiger partial charge in [-0.2, -0.15) is 0 Å². The van der Waals surface area contributed by atoms with E-state index in [0.29, 0.717) is 11.2 Å².